The van der Waals surface area contributed by atoms with E-state index in [2.05, 4.69) is 5.32 Å². The van der Waals surface area contributed by atoms with E-state index >= 15 is 0 Å². The number of hydrogen-bond acceptors (Lipinski definition) is 3. The zero-order valence-electron chi connectivity index (χ0n) is 9.09. The second-order valence-electron chi connectivity index (χ2n) is 4.88. The average Bonchev–Trinajstić information content (AvgIpc) is 2.63. The third-order valence-corrected chi connectivity index (χ3v) is 3.83. The Labute approximate surface area is 86.4 Å². The molecule has 0 spiro atoms. The van der Waals surface area contributed by atoms with E-state index in [1.807, 2.05) is 0 Å². The number of methoxy groups -OCH3 is 1. The maximum Gasteiger partial charge on any atom is 0.0607 e. The van der Waals surface area contributed by atoms with Crippen molar-refractivity contribution in [3.05, 3.63) is 0 Å². The van der Waals surface area contributed by atoms with Crippen molar-refractivity contribution < 1.29 is 4.74 Å². The number of nitrogens with two attached hydrogens (primary N) is 1. The summed E-state index contributed by atoms with van der Waals surface area (Å²) in [5.41, 5.74) is 6.05. The van der Waals surface area contributed by atoms with Crippen LogP contribution in [-0.2, 0) is 4.74 Å². The molecule has 0 bridgehead atoms. The molecule has 82 valence electrons. The summed E-state index contributed by atoms with van der Waals surface area (Å²) in [5, 5.41) is 3.74. The van der Waals surface area contributed by atoms with Crippen LogP contribution in [0.3, 0.4) is 0 Å². The van der Waals surface area contributed by atoms with Crippen LogP contribution in [0.15, 0.2) is 0 Å². The van der Waals surface area contributed by atoms with Crippen LogP contribution in [0.2, 0.25) is 0 Å². The van der Waals surface area contributed by atoms with Gasteiger partial charge in [0.1, 0.15) is 0 Å². The lowest BCUT2D eigenvalue weighted by atomic mass is 9.73. The number of rotatable bonds is 4. The van der Waals surface area contributed by atoms with Gasteiger partial charge in [0.05, 0.1) is 6.10 Å². The molecule has 0 radical (unpaired) electrons. The number of ether oxygens (including phenoxy) is 1. The molecule has 0 saturated heterocycles. The van der Waals surface area contributed by atoms with Crippen LogP contribution in [0.25, 0.3) is 0 Å². The zero-order valence-corrected chi connectivity index (χ0v) is 9.09. The topological polar surface area (TPSA) is 47.3 Å². The maximum absolute atomic E-state index is 5.85. The molecule has 0 aromatic carbocycles. The molecule has 14 heavy (non-hydrogen) atoms. The summed E-state index contributed by atoms with van der Waals surface area (Å²) in [6.45, 7) is 0.753. The molecule has 3 N–H and O–H groups in total. The van der Waals surface area contributed by atoms with E-state index in [0.29, 0.717) is 6.10 Å². The van der Waals surface area contributed by atoms with Gasteiger partial charge in [-0.05, 0) is 25.7 Å². The highest BCUT2D eigenvalue weighted by molar-refractivity contribution is 5.04. The molecule has 0 atom stereocenters. The van der Waals surface area contributed by atoms with Crippen molar-refractivity contribution in [2.24, 2.45) is 5.73 Å². The van der Waals surface area contributed by atoms with Crippen LogP contribution >= 0.6 is 0 Å². The van der Waals surface area contributed by atoms with Gasteiger partial charge in [0.25, 0.3) is 0 Å². The van der Waals surface area contributed by atoms with Crippen molar-refractivity contribution >= 4 is 0 Å². The summed E-state index contributed by atoms with van der Waals surface area (Å²) < 4.78 is 5.31. The molecule has 2 aliphatic carbocycles. The van der Waals surface area contributed by atoms with Gasteiger partial charge in [-0.1, -0.05) is 12.8 Å². The van der Waals surface area contributed by atoms with Crippen molar-refractivity contribution in [3.8, 4) is 0 Å². The van der Waals surface area contributed by atoms with Gasteiger partial charge >= 0.3 is 0 Å². The number of nitrogens with one attached hydrogen (secondary N) is 1. The predicted octanol–water partition coefficient (Wildman–Crippen LogP) is 1.02. The van der Waals surface area contributed by atoms with Crippen LogP contribution in [0, 0.1) is 0 Å². The summed E-state index contributed by atoms with van der Waals surface area (Å²) >= 11 is 0. The Kier molecular flexibility index (Phi) is 3.10. The molecule has 0 amide bonds. The minimum Gasteiger partial charge on any atom is -0.381 e. The summed E-state index contributed by atoms with van der Waals surface area (Å²) in [6.07, 6.45) is 8.05. The van der Waals surface area contributed by atoms with Crippen molar-refractivity contribution in [1.82, 2.24) is 5.32 Å². The molecular weight excluding hydrogens is 176 g/mol. The quantitative estimate of drug-likeness (QED) is 0.709. The first-order valence-electron chi connectivity index (χ1n) is 5.78. The van der Waals surface area contributed by atoms with E-state index in [0.717, 1.165) is 25.4 Å². The second kappa shape index (κ2) is 4.17. The van der Waals surface area contributed by atoms with Gasteiger partial charge in [-0.25, -0.2) is 0 Å². The van der Waals surface area contributed by atoms with E-state index in [9.17, 15) is 0 Å². The first-order chi connectivity index (χ1) is 6.78. The maximum atomic E-state index is 5.85. The molecule has 3 heteroatoms. The second-order valence-corrected chi connectivity index (χ2v) is 4.88. The smallest absolute Gasteiger partial charge is 0.0607 e. The molecule has 0 unspecified atom stereocenters. The number of hydrogen-bond donors (Lipinski definition) is 2. The average molecular weight is 198 g/mol. The molecule has 0 aromatic heterocycles. The van der Waals surface area contributed by atoms with Crippen molar-refractivity contribution in [3.63, 3.8) is 0 Å². The van der Waals surface area contributed by atoms with Gasteiger partial charge in [0.2, 0.25) is 0 Å². The molecule has 2 rings (SSSR count). The third kappa shape index (κ3) is 1.95. The Morgan fingerprint density at radius 1 is 1.36 bits per heavy atom. The van der Waals surface area contributed by atoms with Gasteiger partial charge in [0.15, 0.2) is 0 Å². The van der Waals surface area contributed by atoms with Gasteiger partial charge in [0, 0.05) is 25.2 Å². The Morgan fingerprint density at radius 3 is 2.50 bits per heavy atom. The van der Waals surface area contributed by atoms with E-state index in [1.165, 1.54) is 25.7 Å². The SMILES string of the molecule is COC1CC(CN)(NC2CCCC2)C1. The standard InChI is InChI=1S/C11H22N2O/c1-14-10-6-11(7-10,8-12)13-9-4-2-3-5-9/h9-10,13H,2-8,12H2,1H3. The first kappa shape index (κ1) is 10.4. The van der Waals surface area contributed by atoms with Crippen molar-refractivity contribution in [2.75, 3.05) is 13.7 Å². The molecule has 0 aromatic rings. The van der Waals surface area contributed by atoms with Crippen LogP contribution in [0.5, 0.6) is 0 Å². The fourth-order valence-electron chi connectivity index (χ4n) is 2.83. The molecule has 0 heterocycles. The largest absolute Gasteiger partial charge is 0.381 e. The lowest BCUT2D eigenvalue weighted by Gasteiger charge is -2.48. The normalized spacial score (nSPS) is 38.6. The fourth-order valence-corrected chi connectivity index (χ4v) is 2.83. The highest BCUT2D eigenvalue weighted by Gasteiger charge is 2.44. The van der Waals surface area contributed by atoms with Crippen LogP contribution in [0.1, 0.15) is 38.5 Å². The molecule has 0 aliphatic heterocycles. The minimum atomic E-state index is 0.204. The van der Waals surface area contributed by atoms with Gasteiger partial charge in [-0.2, -0.15) is 0 Å². The summed E-state index contributed by atoms with van der Waals surface area (Å²) in [6, 6.07) is 0.719. The first-order valence-corrected chi connectivity index (χ1v) is 5.78. The molecule has 3 nitrogen and oxygen atoms in total. The van der Waals surface area contributed by atoms with E-state index in [1.54, 1.807) is 7.11 Å². The fraction of sp³-hybridized carbons (Fsp3) is 1.00. The van der Waals surface area contributed by atoms with E-state index in [-0.39, 0.29) is 5.54 Å². The lowest BCUT2D eigenvalue weighted by molar-refractivity contribution is -0.0307. The summed E-state index contributed by atoms with van der Waals surface area (Å²) in [4.78, 5) is 0. The monoisotopic (exact) mass is 198 g/mol. The zero-order chi connectivity index (χ0) is 10.0. The highest BCUT2D eigenvalue weighted by Crippen LogP contribution is 2.35. The summed E-state index contributed by atoms with van der Waals surface area (Å²) in [5.74, 6) is 0. The van der Waals surface area contributed by atoms with Gasteiger partial charge < -0.3 is 15.8 Å². The van der Waals surface area contributed by atoms with Crippen LogP contribution < -0.4 is 11.1 Å². The Morgan fingerprint density at radius 2 is 2.00 bits per heavy atom. The van der Waals surface area contributed by atoms with Crippen molar-refractivity contribution in [2.45, 2.75) is 56.2 Å². The third-order valence-electron chi connectivity index (χ3n) is 3.83. The molecule has 2 saturated carbocycles. The molecular formula is C11H22N2O. The molecule has 2 fully saturated rings. The highest BCUT2D eigenvalue weighted by atomic mass is 16.5. The van der Waals surface area contributed by atoms with Gasteiger partial charge in [-0.3, -0.25) is 0 Å². The van der Waals surface area contributed by atoms with Gasteiger partial charge in [-0.15, -0.1) is 0 Å². The molecule has 2 aliphatic rings. The van der Waals surface area contributed by atoms with E-state index < -0.39 is 0 Å². The Bertz CT molecular complexity index is 184. The minimum absolute atomic E-state index is 0.204. The van der Waals surface area contributed by atoms with E-state index in [4.69, 9.17) is 10.5 Å². The van der Waals surface area contributed by atoms with Crippen LogP contribution in [0.4, 0.5) is 0 Å². The Hall–Kier alpha value is -0.120. The van der Waals surface area contributed by atoms with Crippen LogP contribution in [-0.4, -0.2) is 31.3 Å². The van der Waals surface area contributed by atoms with Crippen molar-refractivity contribution in [1.29, 1.82) is 0 Å². The lowest BCUT2D eigenvalue weighted by Crippen LogP contribution is -2.64. The Balaban J connectivity index is 1.81. The predicted molar refractivity (Wildman–Crippen MR) is 57.2 cm³/mol. The summed E-state index contributed by atoms with van der Waals surface area (Å²) in [7, 11) is 1.79.